The quantitative estimate of drug-likeness (QED) is 0.558. The van der Waals surface area contributed by atoms with Gasteiger partial charge in [-0.3, -0.25) is 9.59 Å². The van der Waals surface area contributed by atoms with E-state index in [9.17, 15) is 23.5 Å². The summed E-state index contributed by atoms with van der Waals surface area (Å²) >= 11 is 11.9. The average Bonchev–Trinajstić information content (AvgIpc) is 3.26. The minimum Gasteiger partial charge on any atom is -0.378 e. The van der Waals surface area contributed by atoms with Gasteiger partial charge in [0.05, 0.1) is 6.04 Å². The highest BCUT2D eigenvalue weighted by molar-refractivity contribution is 6.31. The molecule has 2 aromatic rings. The van der Waals surface area contributed by atoms with Crippen molar-refractivity contribution in [3.63, 3.8) is 0 Å². The Morgan fingerprint density at radius 1 is 1.19 bits per heavy atom. The van der Waals surface area contributed by atoms with Gasteiger partial charge in [0.25, 0.3) is 12.3 Å². The van der Waals surface area contributed by atoms with E-state index < -0.39 is 36.4 Å². The number of hydrogen-bond donors (Lipinski definition) is 3. The number of hydrogen-bond acceptors (Lipinski definition) is 4. The van der Waals surface area contributed by atoms with Gasteiger partial charge in [0, 0.05) is 23.1 Å². The van der Waals surface area contributed by atoms with E-state index in [1.165, 1.54) is 29.2 Å². The maximum absolute atomic E-state index is 13.1. The van der Waals surface area contributed by atoms with Gasteiger partial charge < -0.3 is 21.1 Å². The number of rotatable bonds is 7. The van der Waals surface area contributed by atoms with Crippen molar-refractivity contribution >= 4 is 35.0 Å². The molecule has 1 aliphatic heterocycles. The van der Waals surface area contributed by atoms with Gasteiger partial charge in [-0.25, -0.2) is 8.78 Å². The summed E-state index contributed by atoms with van der Waals surface area (Å²) in [6, 6.07) is 8.34. The van der Waals surface area contributed by atoms with Crippen LogP contribution in [0.2, 0.25) is 10.0 Å². The van der Waals surface area contributed by atoms with E-state index >= 15 is 0 Å². The van der Waals surface area contributed by atoms with E-state index in [4.69, 9.17) is 28.9 Å². The van der Waals surface area contributed by atoms with Crippen LogP contribution in [-0.4, -0.2) is 40.8 Å². The first-order chi connectivity index (χ1) is 15.2. The molecule has 172 valence electrons. The van der Waals surface area contributed by atoms with Gasteiger partial charge >= 0.3 is 0 Å². The van der Waals surface area contributed by atoms with E-state index in [0.29, 0.717) is 40.6 Å². The number of alkyl halides is 2. The van der Waals surface area contributed by atoms with Gasteiger partial charge in [-0.15, -0.1) is 0 Å². The molecule has 1 fully saturated rings. The molecule has 0 aliphatic carbocycles. The maximum Gasteiger partial charge on any atom is 0.257 e. The minimum atomic E-state index is -2.78. The molecule has 4 N–H and O–H groups in total. The summed E-state index contributed by atoms with van der Waals surface area (Å²) in [7, 11) is 0. The second-order valence-corrected chi connectivity index (χ2v) is 8.44. The van der Waals surface area contributed by atoms with Crippen LogP contribution < -0.4 is 11.1 Å². The molecule has 0 saturated carbocycles. The SMILES string of the molecule is NC(c1ccc(Cl)cc1CNC(=O)[C@@H]1CCCN1C(=O)[C@@H](O)c1cccc(Cl)c1)C(F)F. The van der Waals surface area contributed by atoms with Crippen LogP contribution in [0.25, 0.3) is 0 Å². The van der Waals surface area contributed by atoms with Crippen LogP contribution in [0.5, 0.6) is 0 Å². The number of nitrogens with two attached hydrogens (primary N) is 1. The van der Waals surface area contributed by atoms with Crippen molar-refractivity contribution in [2.75, 3.05) is 6.54 Å². The van der Waals surface area contributed by atoms with Crippen molar-refractivity contribution in [2.45, 2.75) is 44.0 Å². The highest BCUT2D eigenvalue weighted by atomic mass is 35.5. The van der Waals surface area contributed by atoms with Crippen molar-refractivity contribution < 1.29 is 23.5 Å². The van der Waals surface area contributed by atoms with Gasteiger partial charge in [-0.2, -0.15) is 0 Å². The number of nitrogens with zero attached hydrogens (tertiary/aromatic N) is 1. The lowest BCUT2D eigenvalue weighted by Gasteiger charge is -2.26. The Morgan fingerprint density at radius 3 is 2.59 bits per heavy atom. The summed E-state index contributed by atoms with van der Waals surface area (Å²) in [6.07, 6.45) is -3.23. The second-order valence-electron chi connectivity index (χ2n) is 7.57. The number of aliphatic hydroxyl groups excluding tert-OH is 1. The predicted molar refractivity (Wildman–Crippen MR) is 117 cm³/mol. The third-order valence-electron chi connectivity index (χ3n) is 5.43. The third kappa shape index (κ3) is 5.56. The zero-order valence-electron chi connectivity index (χ0n) is 17.0. The van der Waals surface area contributed by atoms with Crippen LogP contribution in [0.3, 0.4) is 0 Å². The summed E-state index contributed by atoms with van der Waals surface area (Å²) in [4.78, 5) is 27.0. The van der Waals surface area contributed by atoms with Crippen molar-refractivity contribution in [3.05, 3.63) is 69.2 Å². The predicted octanol–water partition coefficient (Wildman–Crippen LogP) is 3.60. The Balaban J connectivity index is 1.70. The molecule has 0 spiro atoms. The largest absolute Gasteiger partial charge is 0.378 e. The molecular weight excluding hydrogens is 463 g/mol. The molecule has 1 heterocycles. The zero-order valence-corrected chi connectivity index (χ0v) is 18.5. The molecule has 0 bridgehead atoms. The van der Waals surface area contributed by atoms with Gasteiger partial charge in [0.15, 0.2) is 6.10 Å². The number of aliphatic hydroxyl groups is 1. The Hall–Kier alpha value is -2.26. The van der Waals surface area contributed by atoms with E-state index in [2.05, 4.69) is 5.32 Å². The standard InChI is InChI=1S/C22H23Cl2F2N3O3/c23-14-4-1-3-12(9-14)19(30)22(32)29-8-2-5-17(29)21(31)28-11-13-10-15(24)6-7-16(13)18(27)20(25)26/h1,3-4,6-7,9-10,17-20,30H,2,5,8,11,27H2,(H,28,31)/t17-,18?,19-/m0/s1. The first-order valence-electron chi connectivity index (χ1n) is 10.0. The van der Waals surface area contributed by atoms with Crippen molar-refractivity contribution in [2.24, 2.45) is 5.73 Å². The van der Waals surface area contributed by atoms with Crippen molar-refractivity contribution in [3.8, 4) is 0 Å². The fourth-order valence-electron chi connectivity index (χ4n) is 3.77. The second kappa shape index (κ2) is 10.6. The van der Waals surface area contributed by atoms with Gasteiger partial charge in [-0.1, -0.05) is 41.4 Å². The van der Waals surface area contributed by atoms with Crippen molar-refractivity contribution in [1.29, 1.82) is 0 Å². The van der Waals surface area contributed by atoms with Gasteiger partial charge in [0.1, 0.15) is 6.04 Å². The third-order valence-corrected chi connectivity index (χ3v) is 5.90. The molecule has 6 nitrogen and oxygen atoms in total. The summed E-state index contributed by atoms with van der Waals surface area (Å²) in [5.41, 5.74) is 6.46. The van der Waals surface area contributed by atoms with Crippen LogP contribution in [0.1, 0.15) is 41.7 Å². The smallest absolute Gasteiger partial charge is 0.257 e. The number of carbonyl (C=O) groups is 2. The summed E-state index contributed by atoms with van der Waals surface area (Å²) < 4.78 is 26.2. The van der Waals surface area contributed by atoms with Crippen LogP contribution in [0, 0.1) is 0 Å². The Morgan fingerprint density at radius 2 is 1.91 bits per heavy atom. The number of likely N-dealkylation sites (tertiary alicyclic amines) is 1. The molecule has 3 rings (SSSR count). The lowest BCUT2D eigenvalue weighted by atomic mass is 10.0. The molecule has 0 aromatic heterocycles. The van der Waals surface area contributed by atoms with Crippen molar-refractivity contribution in [1.82, 2.24) is 10.2 Å². The molecule has 0 radical (unpaired) electrons. The number of carbonyl (C=O) groups excluding carboxylic acids is 2. The Labute approximate surface area is 194 Å². The van der Waals surface area contributed by atoms with Gasteiger partial charge in [-0.05, 0) is 53.8 Å². The molecular formula is C22H23Cl2F2N3O3. The molecule has 1 saturated heterocycles. The number of halogens is 4. The topological polar surface area (TPSA) is 95.7 Å². The lowest BCUT2D eigenvalue weighted by Crippen LogP contribution is -2.47. The van der Waals surface area contributed by atoms with E-state index in [1.54, 1.807) is 18.2 Å². The Kier molecular flexibility index (Phi) is 8.05. The lowest BCUT2D eigenvalue weighted by molar-refractivity contribution is -0.145. The van der Waals surface area contributed by atoms with E-state index in [-0.39, 0.29) is 12.1 Å². The molecule has 32 heavy (non-hydrogen) atoms. The monoisotopic (exact) mass is 485 g/mol. The van der Waals surface area contributed by atoms with Crippen LogP contribution in [0.15, 0.2) is 42.5 Å². The van der Waals surface area contributed by atoms with E-state index in [1.807, 2.05) is 0 Å². The number of benzene rings is 2. The molecule has 1 aliphatic rings. The minimum absolute atomic E-state index is 0.0788. The number of nitrogens with one attached hydrogen (secondary N) is 1. The molecule has 1 unspecified atom stereocenters. The van der Waals surface area contributed by atoms with Crippen LogP contribution in [-0.2, 0) is 16.1 Å². The molecule has 10 heteroatoms. The highest BCUT2D eigenvalue weighted by Crippen LogP contribution is 2.27. The Bertz CT molecular complexity index is 993. The van der Waals surface area contributed by atoms with E-state index in [0.717, 1.165) is 0 Å². The van der Waals surface area contributed by atoms with Gasteiger partial charge in [0.2, 0.25) is 5.91 Å². The first-order valence-corrected chi connectivity index (χ1v) is 10.8. The molecule has 3 atom stereocenters. The normalized spacial score (nSPS) is 18.0. The fourth-order valence-corrected chi connectivity index (χ4v) is 4.16. The summed E-state index contributed by atoms with van der Waals surface area (Å²) in [6.45, 7) is 0.234. The first kappa shape index (κ1) is 24.4. The highest BCUT2D eigenvalue weighted by Gasteiger charge is 2.37. The average molecular weight is 486 g/mol. The summed E-state index contributed by atoms with van der Waals surface area (Å²) in [5, 5.41) is 13.9. The molecule has 2 aromatic carbocycles. The zero-order chi connectivity index (χ0) is 23.4. The summed E-state index contributed by atoms with van der Waals surface area (Å²) in [5.74, 6) is -1.06. The number of amides is 2. The molecule has 2 amide bonds. The van der Waals surface area contributed by atoms with Crippen LogP contribution in [0.4, 0.5) is 8.78 Å². The fraction of sp³-hybridized carbons (Fsp3) is 0.364. The van der Waals surface area contributed by atoms with Crippen LogP contribution >= 0.6 is 23.2 Å². The maximum atomic E-state index is 13.1.